The van der Waals surface area contributed by atoms with Gasteiger partial charge in [0, 0.05) is 0 Å². The van der Waals surface area contributed by atoms with Gasteiger partial charge in [0.1, 0.15) is 18.5 Å². The Balaban J connectivity index is 0. The van der Waals surface area contributed by atoms with Crippen LogP contribution in [0.25, 0.3) is 0 Å². The molecule has 0 spiro atoms. The van der Waals surface area contributed by atoms with Crippen LogP contribution in [0.1, 0.15) is 47.1 Å². The minimum absolute atomic E-state index is 0.338. The number of epoxide rings is 1. The lowest BCUT2D eigenvalue weighted by atomic mass is 10.2. The standard InChI is InChI=1S/C10H12O2.3C2H6/c1-8-4-2-3-5-10(8)12-7-9-6-11-9;3*1-2/h2-5,9H,6-7H2,1H3;3*1-2H3. The van der Waals surface area contributed by atoms with Gasteiger partial charge in [0.2, 0.25) is 0 Å². The monoisotopic (exact) mass is 254 g/mol. The van der Waals surface area contributed by atoms with Crippen molar-refractivity contribution in [2.24, 2.45) is 0 Å². The second kappa shape index (κ2) is 14.0. The molecule has 1 aliphatic heterocycles. The van der Waals surface area contributed by atoms with Crippen LogP contribution in [0.2, 0.25) is 0 Å². The van der Waals surface area contributed by atoms with Crippen LogP contribution in [0.5, 0.6) is 5.75 Å². The molecule has 2 heteroatoms. The van der Waals surface area contributed by atoms with Crippen LogP contribution in [0.15, 0.2) is 24.3 Å². The average Bonchev–Trinajstić information content (AvgIpc) is 3.29. The molecule has 2 nitrogen and oxygen atoms in total. The smallest absolute Gasteiger partial charge is 0.122 e. The number of hydrogen-bond donors (Lipinski definition) is 0. The van der Waals surface area contributed by atoms with Crippen molar-refractivity contribution in [1.29, 1.82) is 0 Å². The molecular formula is C16H30O2. The lowest BCUT2D eigenvalue weighted by Crippen LogP contribution is -2.04. The Morgan fingerprint density at radius 3 is 2.00 bits per heavy atom. The maximum Gasteiger partial charge on any atom is 0.122 e. The van der Waals surface area contributed by atoms with Gasteiger partial charge in [0.05, 0.1) is 6.61 Å². The molecule has 0 amide bonds. The maximum atomic E-state index is 5.54. The van der Waals surface area contributed by atoms with E-state index in [-0.39, 0.29) is 0 Å². The van der Waals surface area contributed by atoms with Gasteiger partial charge in [0.25, 0.3) is 0 Å². The molecule has 0 radical (unpaired) electrons. The molecular weight excluding hydrogens is 224 g/mol. The van der Waals surface area contributed by atoms with Gasteiger partial charge in [-0.25, -0.2) is 0 Å². The second-order valence-corrected chi connectivity index (χ2v) is 3.03. The van der Waals surface area contributed by atoms with Crippen LogP contribution in [0.3, 0.4) is 0 Å². The van der Waals surface area contributed by atoms with Crippen LogP contribution >= 0.6 is 0 Å². The molecule has 1 aliphatic rings. The molecule has 1 aromatic carbocycles. The molecule has 106 valence electrons. The number of benzene rings is 1. The van der Waals surface area contributed by atoms with E-state index >= 15 is 0 Å². The fraction of sp³-hybridized carbons (Fsp3) is 0.625. The highest BCUT2D eigenvalue weighted by Crippen LogP contribution is 2.18. The van der Waals surface area contributed by atoms with E-state index in [0.717, 1.165) is 12.4 Å². The third-order valence-corrected chi connectivity index (χ3v) is 1.92. The largest absolute Gasteiger partial charge is 0.491 e. The Labute approximate surface area is 113 Å². The van der Waals surface area contributed by atoms with E-state index in [1.165, 1.54) is 5.56 Å². The summed E-state index contributed by atoms with van der Waals surface area (Å²) in [5.41, 5.74) is 1.18. The van der Waals surface area contributed by atoms with E-state index < -0.39 is 0 Å². The summed E-state index contributed by atoms with van der Waals surface area (Å²) in [7, 11) is 0. The third kappa shape index (κ3) is 9.06. The SMILES string of the molecule is CC.CC.CC.Cc1ccccc1OCC1CO1. The van der Waals surface area contributed by atoms with Crippen molar-refractivity contribution >= 4 is 0 Å². The second-order valence-electron chi connectivity index (χ2n) is 3.03. The van der Waals surface area contributed by atoms with Gasteiger partial charge in [-0.05, 0) is 18.6 Å². The first-order valence-corrected chi connectivity index (χ1v) is 7.16. The van der Waals surface area contributed by atoms with Crippen LogP contribution < -0.4 is 4.74 Å². The van der Waals surface area contributed by atoms with E-state index in [1.54, 1.807) is 0 Å². The molecule has 0 N–H and O–H groups in total. The summed E-state index contributed by atoms with van der Waals surface area (Å²) in [6.07, 6.45) is 0.338. The summed E-state index contributed by atoms with van der Waals surface area (Å²) in [4.78, 5) is 0. The van der Waals surface area contributed by atoms with E-state index in [4.69, 9.17) is 9.47 Å². The molecule has 1 fully saturated rings. The lowest BCUT2D eigenvalue weighted by molar-refractivity contribution is 0.262. The first-order valence-electron chi connectivity index (χ1n) is 7.16. The Morgan fingerprint density at radius 1 is 1.06 bits per heavy atom. The van der Waals surface area contributed by atoms with Gasteiger partial charge in [0.15, 0.2) is 0 Å². The van der Waals surface area contributed by atoms with Gasteiger partial charge in [-0.3, -0.25) is 0 Å². The van der Waals surface area contributed by atoms with Crippen molar-refractivity contribution < 1.29 is 9.47 Å². The molecule has 0 aromatic heterocycles. The Bertz CT molecular complexity index is 268. The highest BCUT2D eigenvalue weighted by atomic mass is 16.6. The zero-order chi connectivity index (χ0) is 14.4. The highest BCUT2D eigenvalue weighted by Gasteiger charge is 2.23. The molecule has 2 rings (SSSR count). The lowest BCUT2D eigenvalue weighted by Gasteiger charge is -2.06. The van der Waals surface area contributed by atoms with Gasteiger partial charge in [-0.1, -0.05) is 59.7 Å². The van der Waals surface area contributed by atoms with Crippen molar-refractivity contribution in [3.8, 4) is 5.75 Å². The van der Waals surface area contributed by atoms with Gasteiger partial charge in [-0.2, -0.15) is 0 Å². The zero-order valence-corrected chi connectivity index (χ0v) is 13.1. The summed E-state index contributed by atoms with van der Waals surface area (Å²) >= 11 is 0. The number of hydrogen-bond acceptors (Lipinski definition) is 2. The topological polar surface area (TPSA) is 21.8 Å². The minimum Gasteiger partial charge on any atom is -0.491 e. The summed E-state index contributed by atoms with van der Waals surface area (Å²) in [5.74, 6) is 0.966. The third-order valence-electron chi connectivity index (χ3n) is 1.92. The molecule has 18 heavy (non-hydrogen) atoms. The van der Waals surface area contributed by atoms with Crippen molar-refractivity contribution in [2.75, 3.05) is 13.2 Å². The first-order chi connectivity index (χ1) is 8.86. The number of ether oxygens (including phenoxy) is 2. The minimum atomic E-state index is 0.338. The number of para-hydroxylation sites is 1. The number of aryl methyl sites for hydroxylation is 1. The van der Waals surface area contributed by atoms with Crippen LogP contribution in [-0.2, 0) is 4.74 Å². The molecule has 1 atom stereocenters. The fourth-order valence-corrected chi connectivity index (χ4v) is 1.07. The van der Waals surface area contributed by atoms with Crippen molar-refractivity contribution in [2.45, 2.75) is 54.6 Å². The van der Waals surface area contributed by atoms with Gasteiger partial charge >= 0.3 is 0 Å². The molecule has 0 saturated carbocycles. The average molecular weight is 254 g/mol. The van der Waals surface area contributed by atoms with Crippen LogP contribution in [-0.4, -0.2) is 19.3 Å². The summed E-state index contributed by atoms with van der Waals surface area (Å²) < 4.78 is 10.6. The Hall–Kier alpha value is -1.02. The Morgan fingerprint density at radius 2 is 1.56 bits per heavy atom. The molecule has 1 saturated heterocycles. The quantitative estimate of drug-likeness (QED) is 0.719. The van der Waals surface area contributed by atoms with Gasteiger partial charge in [-0.15, -0.1) is 0 Å². The molecule has 0 aliphatic carbocycles. The summed E-state index contributed by atoms with van der Waals surface area (Å²) in [6.45, 7) is 15.6. The van der Waals surface area contributed by atoms with Crippen LogP contribution in [0.4, 0.5) is 0 Å². The first kappa shape index (κ1) is 19.3. The fourth-order valence-electron chi connectivity index (χ4n) is 1.07. The van der Waals surface area contributed by atoms with E-state index in [2.05, 4.69) is 0 Å². The van der Waals surface area contributed by atoms with E-state index in [9.17, 15) is 0 Å². The van der Waals surface area contributed by atoms with Crippen molar-refractivity contribution in [1.82, 2.24) is 0 Å². The molecule has 1 aromatic rings. The highest BCUT2D eigenvalue weighted by molar-refractivity contribution is 5.31. The van der Waals surface area contributed by atoms with Gasteiger partial charge < -0.3 is 9.47 Å². The Kier molecular flexibility index (Phi) is 15.1. The van der Waals surface area contributed by atoms with Crippen molar-refractivity contribution in [3.63, 3.8) is 0 Å². The zero-order valence-electron chi connectivity index (χ0n) is 13.1. The number of rotatable bonds is 3. The predicted octanol–water partition coefficient (Wildman–Crippen LogP) is 4.85. The maximum absolute atomic E-state index is 5.54. The van der Waals surface area contributed by atoms with E-state index in [1.807, 2.05) is 72.7 Å². The molecule has 1 unspecified atom stereocenters. The van der Waals surface area contributed by atoms with Crippen molar-refractivity contribution in [3.05, 3.63) is 29.8 Å². The summed E-state index contributed by atoms with van der Waals surface area (Å²) in [5, 5.41) is 0. The van der Waals surface area contributed by atoms with E-state index in [0.29, 0.717) is 12.7 Å². The van der Waals surface area contributed by atoms with Crippen LogP contribution in [0, 0.1) is 6.92 Å². The molecule has 1 heterocycles. The molecule has 0 bridgehead atoms. The predicted molar refractivity (Wildman–Crippen MR) is 80.5 cm³/mol. The normalized spacial score (nSPS) is 14.7. The summed E-state index contributed by atoms with van der Waals surface area (Å²) in [6, 6.07) is 8.02.